The van der Waals surface area contributed by atoms with E-state index in [0.717, 1.165) is 24.6 Å². The Morgan fingerprint density at radius 1 is 1.39 bits per heavy atom. The van der Waals surface area contributed by atoms with Gasteiger partial charge in [0.15, 0.2) is 22.8 Å². The zero-order valence-corrected chi connectivity index (χ0v) is 16.3. The van der Waals surface area contributed by atoms with E-state index in [2.05, 4.69) is 20.8 Å². The molecule has 1 aliphatic carbocycles. The van der Waals surface area contributed by atoms with Crippen LogP contribution in [-0.4, -0.2) is 50.6 Å². The average Bonchev–Trinajstić information content (AvgIpc) is 3.16. The van der Waals surface area contributed by atoms with Crippen molar-refractivity contribution in [3.63, 3.8) is 0 Å². The molecule has 150 valence electrons. The monoisotopic (exact) mass is 407 g/mol. The fourth-order valence-corrected chi connectivity index (χ4v) is 3.12. The van der Waals surface area contributed by atoms with Crippen LogP contribution in [0.15, 0.2) is 28.0 Å². The van der Waals surface area contributed by atoms with Crippen molar-refractivity contribution in [1.29, 1.82) is 0 Å². The first kappa shape index (κ1) is 19.9. The van der Waals surface area contributed by atoms with E-state index in [1.54, 1.807) is 18.4 Å². The summed E-state index contributed by atoms with van der Waals surface area (Å²) in [5.74, 6) is -0.174. The third-order valence-electron chi connectivity index (χ3n) is 3.92. The minimum atomic E-state index is -1.08. The van der Waals surface area contributed by atoms with Gasteiger partial charge >= 0.3 is 12.0 Å². The number of amides is 3. The maximum atomic E-state index is 12.0. The Labute approximate surface area is 165 Å². The molecule has 10 nitrogen and oxygen atoms in total. The van der Waals surface area contributed by atoms with Gasteiger partial charge in [-0.2, -0.15) is 0 Å². The SMILES string of the molecule is CCn1c(SCC(=O)O[C@@H](C)C(=O)NC(=O)NC2CC2)nnc1-c1ccco1. The molecule has 2 aromatic rings. The number of imide groups is 1. The van der Waals surface area contributed by atoms with Crippen molar-refractivity contribution in [3.8, 4) is 11.6 Å². The number of carbonyl (C=O) groups is 3. The van der Waals surface area contributed by atoms with Crippen LogP contribution in [0.2, 0.25) is 0 Å². The molecule has 0 aromatic carbocycles. The fraction of sp³-hybridized carbons (Fsp3) is 0.471. The second-order valence-corrected chi connectivity index (χ2v) is 7.13. The fourth-order valence-electron chi connectivity index (χ4n) is 2.34. The molecule has 2 N–H and O–H groups in total. The van der Waals surface area contributed by atoms with Gasteiger partial charge in [0.25, 0.3) is 5.91 Å². The van der Waals surface area contributed by atoms with E-state index >= 15 is 0 Å². The highest BCUT2D eigenvalue weighted by Crippen LogP contribution is 2.24. The third kappa shape index (κ3) is 5.12. The highest BCUT2D eigenvalue weighted by atomic mass is 32.2. The predicted molar refractivity (Wildman–Crippen MR) is 99.4 cm³/mol. The van der Waals surface area contributed by atoms with Gasteiger partial charge < -0.3 is 14.5 Å². The van der Waals surface area contributed by atoms with Crippen LogP contribution < -0.4 is 10.6 Å². The molecular formula is C17H21N5O5S. The Bertz CT molecular complexity index is 846. The Hall–Kier alpha value is -2.82. The average molecular weight is 407 g/mol. The first-order chi connectivity index (χ1) is 13.5. The summed E-state index contributed by atoms with van der Waals surface area (Å²) in [4.78, 5) is 35.5. The predicted octanol–water partition coefficient (Wildman–Crippen LogP) is 1.57. The molecule has 3 rings (SSSR count). The van der Waals surface area contributed by atoms with Gasteiger partial charge in [0.05, 0.1) is 12.0 Å². The summed E-state index contributed by atoms with van der Waals surface area (Å²) in [7, 11) is 0. The van der Waals surface area contributed by atoms with Crippen LogP contribution in [0.1, 0.15) is 26.7 Å². The van der Waals surface area contributed by atoms with Crippen LogP contribution in [-0.2, 0) is 20.9 Å². The molecule has 2 aromatic heterocycles. The van der Waals surface area contributed by atoms with E-state index in [-0.39, 0.29) is 11.8 Å². The number of aromatic nitrogens is 3. The van der Waals surface area contributed by atoms with E-state index in [4.69, 9.17) is 9.15 Å². The maximum absolute atomic E-state index is 12.0. The summed E-state index contributed by atoms with van der Waals surface area (Å²) in [6.07, 6.45) is 2.28. The standard InChI is InChI=1S/C17H21N5O5S/c1-3-22-14(12-5-4-8-26-12)20-21-17(22)28-9-13(23)27-10(2)15(24)19-16(25)18-11-6-7-11/h4-5,8,10-11H,3,6-7,9H2,1-2H3,(H2,18,19,24,25)/t10-/m0/s1. The minimum Gasteiger partial charge on any atom is -0.461 e. The Morgan fingerprint density at radius 3 is 2.82 bits per heavy atom. The summed E-state index contributed by atoms with van der Waals surface area (Å²) in [6, 6.07) is 3.08. The van der Waals surface area contributed by atoms with Gasteiger partial charge in [-0.05, 0) is 38.8 Å². The first-order valence-corrected chi connectivity index (χ1v) is 9.87. The number of urea groups is 1. The second-order valence-electron chi connectivity index (χ2n) is 6.19. The largest absolute Gasteiger partial charge is 0.461 e. The number of nitrogens with one attached hydrogen (secondary N) is 2. The van der Waals surface area contributed by atoms with Crippen LogP contribution in [0.4, 0.5) is 4.79 Å². The van der Waals surface area contributed by atoms with Crippen molar-refractivity contribution in [3.05, 3.63) is 18.4 Å². The molecule has 0 radical (unpaired) electrons. The summed E-state index contributed by atoms with van der Waals surface area (Å²) < 4.78 is 12.2. The number of ether oxygens (including phenoxy) is 1. The molecule has 1 aliphatic rings. The normalized spacial score (nSPS) is 14.4. The molecule has 3 amide bonds. The molecular weight excluding hydrogens is 386 g/mol. The lowest BCUT2D eigenvalue weighted by Crippen LogP contribution is -2.45. The van der Waals surface area contributed by atoms with Gasteiger partial charge in [0.1, 0.15) is 0 Å². The number of rotatable bonds is 8. The van der Waals surface area contributed by atoms with Gasteiger partial charge in [-0.25, -0.2) is 4.79 Å². The smallest absolute Gasteiger partial charge is 0.321 e. The number of hydrogen-bond donors (Lipinski definition) is 2. The summed E-state index contributed by atoms with van der Waals surface area (Å²) in [6.45, 7) is 3.93. The summed E-state index contributed by atoms with van der Waals surface area (Å²) in [5, 5.41) is 13.5. The second kappa shape index (κ2) is 8.91. The number of furan rings is 1. The first-order valence-electron chi connectivity index (χ1n) is 8.88. The van der Waals surface area contributed by atoms with Crippen molar-refractivity contribution >= 4 is 29.7 Å². The lowest BCUT2D eigenvalue weighted by molar-refractivity contribution is -0.151. The van der Waals surface area contributed by atoms with Crippen LogP contribution >= 0.6 is 11.8 Å². The van der Waals surface area contributed by atoms with Gasteiger partial charge in [0.2, 0.25) is 0 Å². The van der Waals surface area contributed by atoms with Gasteiger partial charge in [-0.1, -0.05) is 11.8 Å². The molecule has 0 unspecified atom stereocenters. The van der Waals surface area contributed by atoms with Crippen molar-refractivity contribution in [2.24, 2.45) is 0 Å². The molecule has 1 saturated carbocycles. The topological polar surface area (TPSA) is 128 Å². The number of thioether (sulfide) groups is 1. The van der Waals surface area contributed by atoms with E-state index in [1.165, 1.54) is 6.92 Å². The molecule has 11 heteroatoms. The van der Waals surface area contributed by atoms with Crippen molar-refractivity contribution in [2.45, 2.75) is 50.5 Å². The highest BCUT2D eigenvalue weighted by molar-refractivity contribution is 7.99. The number of esters is 1. The Morgan fingerprint density at radius 2 is 2.18 bits per heavy atom. The molecule has 1 fully saturated rings. The number of carbonyl (C=O) groups excluding carboxylic acids is 3. The zero-order valence-electron chi connectivity index (χ0n) is 15.5. The number of nitrogens with zero attached hydrogens (tertiary/aromatic N) is 3. The molecule has 28 heavy (non-hydrogen) atoms. The molecule has 0 spiro atoms. The van der Waals surface area contributed by atoms with E-state index < -0.39 is 24.0 Å². The van der Waals surface area contributed by atoms with Crippen LogP contribution in [0.25, 0.3) is 11.6 Å². The van der Waals surface area contributed by atoms with E-state index in [9.17, 15) is 14.4 Å². The quantitative estimate of drug-likeness (QED) is 0.498. The lowest BCUT2D eigenvalue weighted by atomic mass is 10.4. The molecule has 0 saturated heterocycles. The summed E-state index contributed by atoms with van der Waals surface area (Å²) in [5.41, 5.74) is 0. The molecule has 1 atom stereocenters. The zero-order chi connectivity index (χ0) is 20.1. The molecule has 0 bridgehead atoms. The Balaban J connectivity index is 1.48. The lowest BCUT2D eigenvalue weighted by Gasteiger charge is -2.13. The Kier molecular flexibility index (Phi) is 6.34. The van der Waals surface area contributed by atoms with Gasteiger partial charge in [-0.3, -0.25) is 19.5 Å². The van der Waals surface area contributed by atoms with Crippen molar-refractivity contribution in [2.75, 3.05) is 5.75 Å². The van der Waals surface area contributed by atoms with E-state index in [1.807, 2.05) is 11.5 Å². The summed E-state index contributed by atoms with van der Waals surface area (Å²) >= 11 is 1.14. The molecule has 0 aliphatic heterocycles. The number of hydrogen-bond acceptors (Lipinski definition) is 8. The highest BCUT2D eigenvalue weighted by Gasteiger charge is 2.26. The molecule has 2 heterocycles. The third-order valence-corrected chi connectivity index (χ3v) is 4.86. The van der Waals surface area contributed by atoms with Crippen molar-refractivity contribution in [1.82, 2.24) is 25.4 Å². The van der Waals surface area contributed by atoms with Crippen LogP contribution in [0.3, 0.4) is 0 Å². The van der Waals surface area contributed by atoms with E-state index in [0.29, 0.717) is 23.3 Å². The van der Waals surface area contributed by atoms with Crippen molar-refractivity contribution < 1.29 is 23.5 Å². The van der Waals surface area contributed by atoms with Gasteiger partial charge in [-0.15, -0.1) is 10.2 Å². The van der Waals surface area contributed by atoms with Gasteiger partial charge in [0, 0.05) is 12.6 Å². The van der Waals surface area contributed by atoms with Crippen LogP contribution in [0, 0.1) is 0 Å². The van der Waals surface area contributed by atoms with Crippen LogP contribution in [0.5, 0.6) is 0 Å². The minimum absolute atomic E-state index is 0.0534. The maximum Gasteiger partial charge on any atom is 0.321 e.